The van der Waals surface area contributed by atoms with Crippen LogP contribution in [-0.4, -0.2) is 21.2 Å². The van der Waals surface area contributed by atoms with Gasteiger partial charge in [-0.3, -0.25) is 4.79 Å². The Morgan fingerprint density at radius 2 is 2.06 bits per heavy atom. The minimum atomic E-state index is -0.986. The van der Waals surface area contributed by atoms with E-state index in [1.807, 2.05) is 19.1 Å². The molecule has 0 unspecified atom stereocenters. The molecule has 0 radical (unpaired) electrons. The van der Waals surface area contributed by atoms with Crippen molar-refractivity contribution in [3.8, 4) is 0 Å². The van der Waals surface area contributed by atoms with Gasteiger partial charge in [0.1, 0.15) is 10.2 Å². The van der Waals surface area contributed by atoms with E-state index in [0.717, 1.165) is 5.56 Å². The Morgan fingerprint density at radius 3 is 2.56 bits per heavy atom. The molecule has 1 aliphatic carbocycles. The van der Waals surface area contributed by atoms with Crippen LogP contribution in [0.4, 0.5) is 0 Å². The fraction of sp³-hybridized carbons (Fsp3) is 0.538. The summed E-state index contributed by atoms with van der Waals surface area (Å²) in [5, 5.41) is 19.6. The molecule has 1 saturated carbocycles. The lowest BCUT2D eigenvalue weighted by atomic mass is 9.77. The molecule has 1 fully saturated rings. The summed E-state index contributed by atoms with van der Waals surface area (Å²) in [5.74, 6) is -1.10. The lowest BCUT2D eigenvalue weighted by molar-refractivity contribution is -0.145. The number of nitrogens with zero attached hydrogens (tertiary/aromatic N) is 1. The van der Waals surface area contributed by atoms with Gasteiger partial charge in [-0.1, -0.05) is 0 Å². The summed E-state index contributed by atoms with van der Waals surface area (Å²) in [5.41, 5.74) is 0.680. The summed E-state index contributed by atoms with van der Waals surface area (Å²) in [6.45, 7) is 1.95. The quantitative estimate of drug-likeness (QED) is 0.823. The number of hydrogen-bond acceptors (Lipinski definition) is 3. The van der Waals surface area contributed by atoms with E-state index in [0.29, 0.717) is 36.0 Å². The molecule has 4 nitrogen and oxygen atoms in total. The molecule has 1 aromatic heterocycles. The van der Waals surface area contributed by atoms with Crippen molar-refractivity contribution in [3.63, 3.8) is 0 Å². The Hall–Kier alpha value is -0.940. The first-order valence-corrected chi connectivity index (χ1v) is 6.80. The second kappa shape index (κ2) is 4.97. The standard InChI is InChI=1S/C13H16BrNO3/c1-8-6-10(15-11(14)7-8)13(18)4-2-9(3-5-13)12(16)17/h6-7,9,18H,2-5H2,1H3,(H,16,17)/t9-,13+. The second-order valence-electron chi connectivity index (χ2n) is 5.00. The van der Waals surface area contributed by atoms with Crippen molar-refractivity contribution in [1.82, 2.24) is 4.98 Å². The summed E-state index contributed by atoms with van der Waals surface area (Å²) in [4.78, 5) is 15.2. The van der Waals surface area contributed by atoms with Crippen LogP contribution in [0.5, 0.6) is 0 Å². The van der Waals surface area contributed by atoms with E-state index >= 15 is 0 Å². The molecule has 1 aliphatic rings. The average molecular weight is 314 g/mol. The number of carboxylic acid groups (broad SMARTS) is 1. The highest BCUT2D eigenvalue weighted by Gasteiger charge is 2.38. The monoisotopic (exact) mass is 313 g/mol. The Balaban J connectivity index is 2.20. The SMILES string of the molecule is Cc1cc(Br)nc([C@]2(O)CC[C@@H](C(=O)O)CC2)c1. The summed E-state index contributed by atoms with van der Waals surface area (Å²) in [6, 6.07) is 3.75. The zero-order chi connectivity index (χ0) is 13.3. The molecular weight excluding hydrogens is 298 g/mol. The first-order valence-electron chi connectivity index (χ1n) is 6.00. The van der Waals surface area contributed by atoms with Crippen LogP contribution in [-0.2, 0) is 10.4 Å². The maximum Gasteiger partial charge on any atom is 0.306 e. The number of hydrogen-bond donors (Lipinski definition) is 2. The molecule has 0 atom stereocenters. The van der Waals surface area contributed by atoms with E-state index in [1.165, 1.54) is 0 Å². The predicted molar refractivity (Wildman–Crippen MR) is 70.2 cm³/mol. The summed E-state index contributed by atoms with van der Waals surface area (Å²) < 4.78 is 0.700. The Morgan fingerprint density at radius 1 is 1.44 bits per heavy atom. The average Bonchev–Trinajstić information content (AvgIpc) is 2.28. The fourth-order valence-electron chi connectivity index (χ4n) is 2.46. The molecular formula is C13H16BrNO3. The third kappa shape index (κ3) is 2.72. The van der Waals surface area contributed by atoms with Crippen LogP contribution in [0.25, 0.3) is 0 Å². The number of aromatic nitrogens is 1. The number of carbonyl (C=O) groups is 1. The molecule has 0 saturated heterocycles. The Bertz CT molecular complexity index is 447. The highest BCUT2D eigenvalue weighted by atomic mass is 79.9. The van der Waals surface area contributed by atoms with Gasteiger partial charge in [-0.2, -0.15) is 0 Å². The zero-order valence-electron chi connectivity index (χ0n) is 10.2. The van der Waals surface area contributed by atoms with Crippen LogP contribution >= 0.6 is 15.9 Å². The summed E-state index contributed by atoms with van der Waals surface area (Å²) >= 11 is 3.32. The number of aryl methyl sites for hydroxylation is 1. The molecule has 1 heterocycles. The lowest BCUT2D eigenvalue weighted by Crippen LogP contribution is -2.34. The van der Waals surface area contributed by atoms with Crippen molar-refractivity contribution in [2.45, 2.75) is 38.2 Å². The molecule has 98 valence electrons. The number of aliphatic carboxylic acids is 1. The Kier molecular flexibility index (Phi) is 3.73. The van der Waals surface area contributed by atoms with E-state index in [9.17, 15) is 9.90 Å². The second-order valence-corrected chi connectivity index (χ2v) is 5.81. The molecule has 2 rings (SSSR count). The van der Waals surface area contributed by atoms with Crippen LogP contribution in [0.3, 0.4) is 0 Å². The number of rotatable bonds is 2. The first-order chi connectivity index (χ1) is 8.40. The third-order valence-electron chi connectivity index (χ3n) is 3.58. The van der Waals surface area contributed by atoms with Gasteiger partial charge in [0.2, 0.25) is 0 Å². The van der Waals surface area contributed by atoms with Crippen molar-refractivity contribution in [1.29, 1.82) is 0 Å². The summed E-state index contributed by atoms with van der Waals surface area (Å²) in [7, 11) is 0. The molecule has 0 spiro atoms. The minimum absolute atomic E-state index is 0.335. The molecule has 0 aromatic carbocycles. The van der Waals surface area contributed by atoms with E-state index in [1.54, 1.807) is 0 Å². The molecule has 2 N–H and O–H groups in total. The van der Waals surface area contributed by atoms with Gasteiger partial charge in [-0.05, 0) is 66.2 Å². The molecule has 18 heavy (non-hydrogen) atoms. The molecule has 5 heteroatoms. The van der Waals surface area contributed by atoms with Crippen LogP contribution < -0.4 is 0 Å². The maximum atomic E-state index is 10.9. The zero-order valence-corrected chi connectivity index (χ0v) is 11.8. The van der Waals surface area contributed by atoms with Gasteiger partial charge in [0.15, 0.2) is 0 Å². The van der Waals surface area contributed by atoms with Gasteiger partial charge < -0.3 is 10.2 Å². The van der Waals surface area contributed by atoms with Crippen molar-refractivity contribution in [3.05, 3.63) is 28.0 Å². The molecule has 0 bridgehead atoms. The molecule has 0 amide bonds. The first kappa shape index (κ1) is 13.5. The van der Waals surface area contributed by atoms with Crippen molar-refractivity contribution < 1.29 is 15.0 Å². The van der Waals surface area contributed by atoms with Crippen molar-refractivity contribution in [2.24, 2.45) is 5.92 Å². The van der Waals surface area contributed by atoms with Crippen LogP contribution in [0.15, 0.2) is 16.7 Å². The van der Waals surface area contributed by atoms with E-state index in [-0.39, 0.29) is 5.92 Å². The molecule has 1 aromatic rings. The third-order valence-corrected chi connectivity index (χ3v) is 3.98. The number of aliphatic hydroxyl groups is 1. The highest BCUT2D eigenvalue weighted by molar-refractivity contribution is 9.10. The van der Waals surface area contributed by atoms with Gasteiger partial charge in [-0.25, -0.2) is 4.98 Å². The topological polar surface area (TPSA) is 70.4 Å². The van der Waals surface area contributed by atoms with E-state index < -0.39 is 11.6 Å². The van der Waals surface area contributed by atoms with Crippen LogP contribution in [0.2, 0.25) is 0 Å². The van der Waals surface area contributed by atoms with Crippen molar-refractivity contribution in [2.75, 3.05) is 0 Å². The lowest BCUT2D eigenvalue weighted by Gasteiger charge is -2.34. The van der Waals surface area contributed by atoms with Crippen molar-refractivity contribution >= 4 is 21.9 Å². The largest absolute Gasteiger partial charge is 0.481 e. The van der Waals surface area contributed by atoms with Crippen LogP contribution in [0, 0.1) is 12.8 Å². The van der Waals surface area contributed by atoms with Gasteiger partial charge >= 0.3 is 5.97 Å². The Labute approximate surface area is 114 Å². The number of halogens is 1. The number of pyridine rings is 1. The highest BCUT2D eigenvalue weighted by Crippen LogP contribution is 2.39. The van der Waals surface area contributed by atoms with Gasteiger partial charge in [-0.15, -0.1) is 0 Å². The van der Waals surface area contributed by atoms with E-state index in [4.69, 9.17) is 5.11 Å². The van der Waals surface area contributed by atoms with Gasteiger partial charge in [0.25, 0.3) is 0 Å². The summed E-state index contributed by atoms with van der Waals surface area (Å²) in [6.07, 6.45) is 1.90. The van der Waals surface area contributed by atoms with Gasteiger partial charge in [0.05, 0.1) is 11.6 Å². The smallest absolute Gasteiger partial charge is 0.306 e. The predicted octanol–water partition coefficient (Wildman–Crippen LogP) is 2.61. The fourth-order valence-corrected chi connectivity index (χ4v) is 3.01. The van der Waals surface area contributed by atoms with Gasteiger partial charge in [0, 0.05) is 0 Å². The maximum absolute atomic E-state index is 10.9. The number of carboxylic acids is 1. The van der Waals surface area contributed by atoms with E-state index in [2.05, 4.69) is 20.9 Å². The molecule has 0 aliphatic heterocycles. The minimum Gasteiger partial charge on any atom is -0.481 e. The normalized spacial score (nSPS) is 28.1. The van der Waals surface area contributed by atoms with Crippen LogP contribution in [0.1, 0.15) is 36.9 Å².